The van der Waals surface area contributed by atoms with E-state index in [9.17, 15) is 228 Å². The molecule has 0 aliphatic rings. The summed E-state index contributed by atoms with van der Waals surface area (Å²) in [5.41, 5.74) is -6.71. The third-order valence-electron chi connectivity index (χ3n) is 18.9. The molecule has 4 aromatic carbocycles. The topological polar surface area (TPSA) is 0 Å². The summed E-state index contributed by atoms with van der Waals surface area (Å²) >= 11 is 0. The van der Waals surface area contributed by atoms with Crippen LogP contribution in [0.5, 0.6) is 0 Å². The van der Waals surface area contributed by atoms with E-state index < -0.39 is 301 Å². The lowest BCUT2D eigenvalue weighted by Gasteiger charge is -2.42. The summed E-state index contributed by atoms with van der Waals surface area (Å²) in [6.45, 7) is 0. The van der Waals surface area contributed by atoms with Crippen LogP contribution in [0.25, 0.3) is 0 Å². The first kappa shape index (κ1) is 119. The summed E-state index contributed by atoms with van der Waals surface area (Å²) in [4.78, 5) is 0. The van der Waals surface area contributed by atoms with Crippen LogP contribution in [0.4, 0.5) is 299 Å². The Kier molecular flexibility index (Phi) is 30.7. The Morgan fingerprint density at radius 1 is 0.134 bits per heavy atom. The lowest BCUT2D eigenvalue weighted by Crippen LogP contribution is -2.74. The van der Waals surface area contributed by atoms with E-state index in [4.69, 9.17) is 0 Å². The molecule has 0 heterocycles. The molecule has 774 valence electrons. The van der Waals surface area contributed by atoms with Crippen molar-refractivity contribution in [3.8, 4) is 0 Å². The first-order valence-electron chi connectivity index (χ1n) is 33.1. The van der Waals surface area contributed by atoms with Gasteiger partial charge in [0.1, 0.15) is 0 Å². The van der Waals surface area contributed by atoms with Crippen LogP contribution in [0.2, 0.25) is 0 Å². The highest BCUT2D eigenvalue weighted by molar-refractivity contribution is 8.41. The molecule has 0 atom stereocenters. The molecule has 0 N–H and O–H groups in total. The Balaban J connectivity index is 2.25. The molecule has 0 nitrogen and oxygen atoms in total. The fourth-order valence-corrected chi connectivity index (χ4v) is 18.6. The molecule has 0 spiro atoms. The van der Waals surface area contributed by atoms with Gasteiger partial charge in [0.15, 0.2) is 0 Å². The van der Waals surface area contributed by atoms with Gasteiger partial charge in [-0.25, -0.2) is 0 Å². The minimum Gasteiger partial charge on any atom is -0.200 e. The van der Waals surface area contributed by atoms with Gasteiger partial charge in [-0.3, -0.25) is 0 Å². The Morgan fingerprint density at radius 3 is 0.351 bits per heavy atom. The second kappa shape index (κ2) is 34.5. The Labute approximate surface area is 695 Å². The first-order valence-corrected chi connectivity index (χ1v) is 36.4. The summed E-state index contributed by atoms with van der Waals surface area (Å²) < 4.78 is 972. The SMILES string of the molecule is FC(F)(F)C(F)(F)C(F)(F)C(F)(F)C(F)(F)C(F)(F)C(F)(F)C(F)(F)CCc1cccc(P(c2cccc(CCC(F)(F)C(F)(F)C(F)(F)C(F)(F)C(F)(F)C(F)(F)C(F)(F)C(F)(F)F)c2)P(c2cccc(CCC(F)(F)C(F)(F)C(F)(F)C(F)(F)C(F)(F)C(F)(F)C(F)(F)C(F)(F)F)c2)c2cccc(CCC(F)(F)C(F)(F)C(F)(F)C(F)(F)C(F)(F)C(F)(F)C(F)(F)C(F)(F)F)c2)c1. The van der Waals surface area contributed by atoms with Crippen molar-refractivity contribution in [2.24, 2.45) is 0 Å². The monoisotopic (exact) mass is 2150 g/mol. The summed E-state index contributed by atoms with van der Waals surface area (Å²) in [5, 5.41) is -5.79. The fraction of sp³-hybridized carbons (Fsp3) is 0.625. The number of benzene rings is 4. The second-order valence-electron chi connectivity index (χ2n) is 27.9. The number of rotatable bonds is 41. The van der Waals surface area contributed by atoms with Crippen LogP contribution < -0.4 is 21.2 Å². The van der Waals surface area contributed by atoms with E-state index in [-0.39, 0.29) is 97.1 Å². The summed E-state index contributed by atoms with van der Waals surface area (Å²) in [6.07, 6.45) is -58.5. The zero-order valence-corrected chi connectivity index (χ0v) is 63.3. The van der Waals surface area contributed by atoms with Crippen molar-refractivity contribution in [2.75, 3.05) is 0 Å². The fourth-order valence-electron chi connectivity index (χ4n) is 10.8. The Morgan fingerprint density at radius 2 is 0.239 bits per heavy atom. The maximum atomic E-state index is 15.6. The normalized spacial score (nSPS) is 16.1. The van der Waals surface area contributed by atoms with Crippen LogP contribution in [-0.2, 0) is 25.7 Å². The number of aryl methyl sites for hydroxylation is 4. The van der Waals surface area contributed by atoms with Crippen LogP contribution in [0.15, 0.2) is 97.1 Å². The van der Waals surface area contributed by atoms with Crippen molar-refractivity contribution in [2.45, 2.75) is 242 Å². The van der Waals surface area contributed by atoms with E-state index in [1.54, 1.807) is 0 Å². The van der Waals surface area contributed by atoms with Gasteiger partial charge in [0, 0.05) is 25.7 Å². The van der Waals surface area contributed by atoms with Crippen LogP contribution in [0.1, 0.15) is 47.9 Å². The van der Waals surface area contributed by atoms with E-state index in [1.807, 2.05) is 0 Å². The molecule has 134 heavy (non-hydrogen) atoms. The minimum absolute atomic E-state index is 0.0358. The average Bonchev–Trinajstić information content (AvgIpc) is 0.705. The molecular formula is C64H32F68P2. The Bertz CT molecular complexity index is 4150. The van der Waals surface area contributed by atoms with Gasteiger partial charge in [0.05, 0.1) is 0 Å². The molecule has 0 amide bonds. The van der Waals surface area contributed by atoms with Crippen LogP contribution in [0.3, 0.4) is 0 Å². The molecule has 0 aliphatic heterocycles. The van der Waals surface area contributed by atoms with Crippen molar-refractivity contribution in [3.63, 3.8) is 0 Å². The van der Waals surface area contributed by atoms with Gasteiger partial charge in [-0.1, -0.05) is 97.1 Å². The summed E-state index contributed by atoms with van der Waals surface area (Å²) in [6, 6.07) is -0.278. The molecule has 4 aromatic rings. The quantitative estimate of drug-likeness (QED) is 0.0307. The van der Waals surface area contributed by atoms with Crippen LogP contribution in [-0.4, -0.2) is 191 Å². The average molecular weight is 2150 g/mol. The minimum atomic E-state index is -9.38. The van der Waals surface area contributed by atoms with Gasteiger partial charge in [-0.05, 0) is 84.4 Å². The van der Waals surface area contributed by atoms with Gasteiger partial charge < -0.3 is 0 Å². The van der Waals surface area contributed by atoms with Crippen LogP contribution in [0, 0.1) is 0 Å². The standard InChI is InChI=1S/C64H32F68P2/c65-33(66,37(73,74)41(81,82)45(89,90)49(97,98)53(105,106)57(113,114)61(121,122)123)17-13-25-5-1-9-29(21-25)133(30-10-2-6-26(22-30)14-18-34(67,68)38(75,76)42(83,84)46(91,92)50(99,100)54(107,108)58(115,116)62(124,125)126)134(31-11-3-7-27(23-31)15-19-35(69,70)39(77,78)43(85,86)47(93,94)51(101,102)55(109,110)59(117,118)63(127,128)129)32-12-4-8-28(24-32)16-20-36(71,72)40(79,80)44(87,88)48(95,96)52(103,104)56(111,112)60(119,120)64(130,131)132/h1-12,21-24H,13-20H2. The molecule has 0 fully saturated rings. The summed E-state index contributed by atoms with van der Waals surface area (Å²) in [7, 11) is -8.36. The highest BCUT2D eigenvalue weighted by Crippen LogP contribution is 2.72. The molecule has 0 unspecified atom stereocenters. The third-order valence-corrected chi connectivity index (χ3v) is 26.3. The number of hydrogen-bond acceptors (Lipinski definition) is 0. The number of halogens is 68. The molecule has 0 aliphatic carbocycles. The van der Waals surface area contributed by atoms with Crippen molar-refractivity contribution in [3.05, 3.63) is 119 Å². The second-order valence-corrected chi connectivity index (χ2v) is 33.6. The predicted molar refractivity (Wildman–Crippen MR) is 314 cm³/mol. The van der Waals surface area contributed by atoms with E-state index in [2.05, 4.69) is 0 Å². The molecule has 0 bridgehead atoms. The van der Waals surface area contributed by atoms with E-state index in [0.717, 1.165) is 0 Å². The Hall–Kier alpha value is -7.02. The highest BCUT2D eigenvalue weighted by Gasteiger charge is 3.00. The van der Waals surface area contributed by atoms with Crippen molar-refractivity contribution in [1.82, 2.24) is 0 Å². The van der Waals surface area contributed by atoms with E-state index in [1.165, 1.54) is 0 Å². The predicted octanol–water partition coefficient (Wildman–Crippen LogP) is 28.9. The lowest BCUT2D eigenvalue weighted by atomic mass is 9.87. The maximum absolute atomic E-state index is 15.6. The molecule has 4 rings (SSSR count). The molecule has 0 aromatic heterocycles. The maximum Gasteiger partial charge on any atom is 0.460 e. The van der Waals surface area contributed by atoms with E-state index >= 15 is 70.2 Å². The lowest BCUT2D eigenvalue weighted by molar-refractivity contribution is -0.461. The molecular weight excluding hydrogens is 2120 g/mol. The zero-order chi connectivity index (χ0) is 107. The number of hydrogen-bond donors (Lipinski definition) is 0. The molecule has 0 saturated carbocycles. The molecule has 0 saturated heterocycles. The molecule has 0 radical (unpaired) electrons. The van der Waals surface area contributed by atoms with Gasteiger partial charge in [-0.2, -0.15) is 299 Å². The van der Waals surface area contributed by atoms with E-state index in [0.29, 0.717) is 0 Å². The van der Waals surface area contributed by atoms with Gasteiger partial charge in [0.25, 0.3) is 0 Å². The summed E-state index contributed by atoms with van der Waals surface area (Å²) in [5.74, 6) is -248. The van der Waals surface area contributed by atoms with Gasteiger partial charge in [0.2, 0.25) is 0 Å². The van der Waals surface area contributed by atoms with Crippen molar-refractivity contribution >= 4 is 36.4 Å². The molecule has 70 heteroatoms. The zero-order valence-electron chi connectivity index (χ0n) is 61.5. The number of alkyl halides is 68. The van der Waals surface area contributed by atoms with Gasteiger partial charge in [-0.15, -0.1) is 0 Å². The third kappa shape index (κ3) is 17.8. The van der Waals surface area contributed by atoms with Crippen molar-refractivity contribution in [1.29, 1.82) is 0 Å². The van der Waals surface area contributed by atoms with Gasteiger partial charge >= 0.3 is 191 Å². The largest absolute Gasteiger partial charge is 0.460 e. The highest BCUT2D eigenvalue weighted by atomic mass is 32.1. The first-order chi connectivity index (χ1) is 58.2. The van der Waals surface area contributed by atoms with Crippen molar-refractivity contribution < 1.29 is 299 Å². The van der Waals surface area contributed by atoms with Crippen LogP contribution >= 0.6 is 15.2 Å². The smallest absolute Gasteiger partial charge is 0.200 e.